The van der Waals surface area contributed by atoms with E-state index in [4.69, 9.17) is 9.84 Å². The first kappa shape index (κ1) is 17.7. The van der Waals surface area contributed by atoms with Crippen LogP contribution in [-0.4, -0.2) is 66.8 Å². The van der Waals surface area contributed by atoms with Gasteiger partial charge in [0.1, 0.15) is 0 Å². The molecule has 0 aromatic carbocycles. The predicted molar refractivity (Wildman–Crippen MR) is 73.2 cm³/mol. The molecule has 0 saturated carbocycles. The summed E-state index contributed by atoms with van der Waals surface area (Å²) in [5, 5.41) is 8.59. The van der Waals surface area contributed by atoms with Crippen molar-refractivity contribution >= 4 is 12.0 Å². The Morgan fingerprint density at radius 2 is 1.95 bits per heavy atom. The highest BCUT2D eigenvalue weighted by atomic mass is 16.5. The van der Waals surface area contributed by atoms with Crippen LogP contribution < -0.4 is 0 Å². The monoisotopic (exact) mass is 274 g/mol. The Labute approximate surface area is 115 Å². The lowest BCUT2D eigenvalue weighted by molar-refractivity contribution is -0.137. The maximum Gasteiger partial charge on any atom is 0.320 e. The summed E-state index contributed by atoms with van der Waals surface area (Å²) in [4.78, 5) is 26.1. The van der Waals surface area contributed by atoms with Crippen LogP contribution >= 0.6 is 0 Å². The van der Waals surface area contributed by atoms with Crippen molar-refractivity contribution in [3.63, 3.8) is 0 Å². The van der Waals surface area contributed by atoms with Gasteiger partial charge in [-0.2, -0.15) is 0 Å². The topological polar surface area (TPSA) is 70.1 Å². The van der Waals surface area contributed by atoms with Crippen molar-refractivity contribution in [1.82, 2.24) is 9.80 Å². The zero-order valence-electron chi connectivity index (χ0n) is 12.4. The van der Waals surface area contributed by atoms with E-state index in [0.29, 0.717) is 26.1 Å². The Balaban J connectivity index is 4.38. The molecule has 19 heavy (non-hydrogen) atoms. The van der Waals surface area contributed by atoms with E-state index in [1.807, 2.05) is 13.8 Å². The van der Waals surface area contributed by atoms with E-state index >= 15 is 0 Å². The zero-order valence-corrected chi connectivity index (χ0v) is 12.4. The van der Waals surface area contributed by atoms with Crippen LogP contribution in [0.15, 0.2) is 0 Å². The van der Waals surface area contributed by atoms with Crippen LogP contribution in [0.5, 0.6) is 0 Å². The van der Waals surface area contributed by atoms with E-state index in [0.717, 1.165) is 6.42 Å². The molecule has 0 radical (unpaired) electrons. The second kappa shape index (κ2) is 9.61. The van der Waals surface area contributed by atoms with Gasteiger partial charge < -0.3 is 19.6 Å². The van der Waals surface area contributed by atoms with E-state index < -0.39 is 5.97 Å². The number of carbonyl (C=O) groups excluding carboxylic acids is 1. The lowest BCUT2D eigenvalue weighted by Crippen LogP contribution is -2.47. The molecule has 0 aromatic rings. The standard InChI is InChI=1S/C13H26N2O4/c1-5-11(2)15(9-10-19-4)13(18)14(3)8-6-7-12(16)17/h11H,5-10H2,1-4H3,(H,16,17). The number of carboxylic acid groups (broad SMARTS) is 1. The van der Waals surface area contributed by atoms with Crippen molar-refractivity contribution in [3.8, 4) is 0 Å². The second-order valence-corrected chi connectivity index (χ2v) is 4.64. The number of carboxylic acids is 1. The molecule has 6 heteroatoms. The van der Waals surface area contributed by atoms with E-state index in [9.17, 15) is 9.59 Å². The molecule has 0 saturated heterocycles. The molecular formula is C13H26N2O4. The van der Waals surface area contributed by atoms with Gasteiger partial charge in [0.15, 0.2) is 0 Å². The highest BCUT2D eigenvalue weighted by Crippen LogP contribution is 2.08. The third kappa shape index (κ3) is 7.00. The number of hydrogen-bond acceptors (Lipinski definition) is 3. The normalized spacial score (nSPS) is 12.0. The fraction of sp³-hybridized carbons (Fsp3) is 0.846. The van der Waals surface area contributed by atoms with E-state index in [-0.39, 0.29) is 18.5 Å². The quantitative estimate of drug-likeness (QED) is 0.694. The van der Waals surface area contributed by atoms with Crippen LogP contribution in [0.3, 0.4) is 0 Å². The number of hydrogen-bond donors (Lipinski definition) is 1. The van der Waals surface area contributed by atoms with Gasteiger partial charge in [-0.1, -0.05) is 6.92 Å². The van der Waals surface area contributed by atoms with Gasteiger partial charge in [-0.25, -0.2) is 4.79 Å². The molecular weight excluding hydrogens is 248 g/mol. The number of nitrogens with zero attached hydrogens (tertiary/aromatic N) is 2. The lowest BCUT2D eigenvalue weighted by Gasteiger charge is -2.32. The van der Waals surface area contributed by atoms with E-state index in [1.165, 1.54) is 0 Å². The molecule has 0 bridgehead atoms. The first-order chi connectivity index (χ1) is 8.93. The molecule has 0 heterocycles. The van der Waals surface area contributed by atoms with Gasteiger partial charge in [-0.15, -0.1) is 0 Å². The molecule has 112 valence electrons. The van der Waals surface area contributed by atoms with Gasteiger partial charge in [0, 0.05) is 39.7 Å². The third-order valence-electron chi connectivity index (χ3n) is 3.12. The summed E-state index contributed by atoms with van der Waals surface area (Å²) in [7, 11) is 3.31. The molecule has 6 nitrogen and oxygen atoms in total. The maximum atomic E-state index is 12.3. The number of methoxy groups -OCH3 is 1. The molecule has 0 aliphatic heterocycles. The highest BCUT2D eigenvalue weighted by molar-refractivity contribution is 5.74. The molecule has 0 aromatic heterocycles. The summed E-state index contributed by atoms with van der Waals surface area (Å²) in [5.41, 5.74) is 0. The van der Waals surface area contributed by atoms with Crippen LogP contribution in [0.25, 0.3) is 0 Å². The van der Waals surface area contributed by atoms with Crippen molar-refractivity contribution in [1.29, 1.82) is 0 Å². The first-order valence-corrected chi connectivity index (χ1v) is 6.66. The van der Waals surface area contributed by atoms with Crippen molar-refractivity contribution in [2.45, 2.75) is 39.2 Å². The van der Waals surface area contributed by atoms with Crippen LogP contribution in [-0.2, 0) is 9.53 Å². The smallest absolute Gasteiger partial charge is 0.320 e. The summed E-state index contributed by atoms with van der Waals surface area (Å²) in [6.45, 7) is 5.53. The number of ether oxygens (including phenoxy) is 1. The number of urea groups is 1. The molecule has 0 spiro atoms. The van der Waals surface area contributed by atoms with Crippen LogP contribution in [0.2, 0.25) is 0 Å². The minimum atomic E-state index is -0.834. The lowest BCUT2D eigenvalue weighted by atomic mass is 10.2. The number of amides is 2. The molecule has 1 N–H and O–H groups in total. The van der Waals surface area contributed by atoms with Gasteiger partial charge in [0.05, 0.1) is 6.61 Å². The Bertz CT molecular complexity index is 284. The highest BCUT2D eigenvalue weighted by Gasteiger charge is 2.21. The van der Waals surface area contributed by atoms with Gasteiger partial charge >= 0.3 is 12.0 Å². The molecule has 0 aliphatic carbocycles. The number of aliphatic carboxylic acids is 1. The minimum Gasteiger partial charge on any atom is -0.481 e. The zero-order chi connectivity index (χ0) is 14.8. The fourth-order valence-electron chi connectivity index (χ4n) is 1.70. The van der Waals surface area contributed by atoms with E-state index in [1.54, 1.807) is 24.0 Å². The van der Waals surface area contributed by atoms with Gasteiger partial charge in [0.2, 0.25) is 0 Å². The van der Waals surface area contributed by atoms with Gasteiger partial charge in [-0.05, 0) is 19.8 Å². The summed E-state index contributed by atoms with van der Waals surface area (Å²) in [6, 6.07) is 0.0707. The van der Waals surface area contributed by atoms with Gasteiger partial charge in [0.25, 0.3) is 0 Å². The van der Waals surface area contributed by atoms with Gasteiger partial charge in [-0.3, -0.25) is 4.79 Å². The average Bonchev–Trinajstić information content (AvgIpc) is 2.37. The fourth-order valence-corrected chi connectivity index (χ4v) is 1.70. The molecule has 0 fully saturated rings. The minimum absolute atomic E-state index is 0.0724. The number of rotatable bonds is 9. The molecule has 2 amide bonds. The number of carbonyl (C=O) groups is 2. The molecule has 1 unspecified atom stereocenters. The largest absolute Gasteiger partial charge is 0.481 e. The van der Waals surface area contributed by atoms with Crippen molar-refractivity contribution < 1.29 is 19.4 Å². The average molecular weight is 274 g/mol. The van der Waals surface area contributed by atoms with Crippen LogP contribution in [0.1, 0.15) is 33.1 Å². The Morgan fingerprint density at radius 3 is 2.42 bits per heavy atom. The van der Waals surface area contributed by atoms with Crippen molar-refractivity contribution in [2.24, 2.45) is 0 Å². The summed E-state index contributed by atoms with van der Waals surface area (Å²) < 4.78 is 5.02. The predicted octanol–water partition coefficient (Wildman–Crippen LogP) is 1.65. The summed E-state index contributed by atoms with van der Waals surface area (Å²) in [6.07, 6.45) is 1.42. The Kier molecular flexibility index (Phi) is 8.95. The summed E-state index contributed by atoms with van der Waals surface area (Å²) in [5.74, 6) is -0.834. The van der Waals surface area contributed by atoms with Crippen LogP contribution in [0, 0.1) is 0 Å². The van der Waals surface area contributed by atoms with E-state index in [2.05, 4.69) is 0 Å². The van der Waals surface area contributed by atoms with Crippen molar-refractivity contribution in [2.75, 3.05) is 33.9 Å². The molecule has 0 aliphatic rings. The Hall–Kier alpha value is -1.30. The second-order valence-electron chi connectivity index (χ2n) is 4.64. The maximum absolute atomic E-state index is 12.3. The Morgan fingerprint density at radius 1 is 1.32 bits per heavy atom. The summed E-state index contributed by atoms with van der Waals surface area (Å²) >= 11 is 0. The molecule has 0 rings (SSSR count). The third-order valence-corrected chi connectivity index (χ3v) is 3.12. The van der Waals surface area contributed by atoms with Crippen molar-refractivity contribution in [3.05, 3.63) is 0 Å². The SMILES string of the molecule is CCC(C)N(CCOC)C(=O)N(C)CCCC(=O)O. The van der Waals surface area contributed by atoms with Crippen LogP contribution in [0.4, 0.5) is 4.79 Å². The first-order valence-electron chi connectivity index (χ1n) is 6.66. The molecule has 1 atom stereocenters.